The molecule has 0 aliphatic carbocycles. The lowest BCUT2D eigenvalue weighted by Crippen LogP contribution is -2.63. The zero-order valence-electron chi connectivity index (χ0n) is 22.0. The molecule has 6 atom stereocenters. The highest BCUT2D eigenvalue weighted by Crippen LogP contribution is 2.34. The molecule has 204 valence electrons. The second-order valence-corrected chi connectivity index (χ2v) is 9.64. The van der Waals surface area contributed by atoms with Crippen molar-refractivity contribution in [2.75, 3.05) is 7.11 Å². The van der Waals surface area contributed by atoms with Gasteiger partial charge in [0.2, 0.25) is 0 Å². The molecule has 2 heterocycles. The van der Waals surface area contributed by atoms with E-state index in [4.69, 9.17) is 28.4 Å². The van der Waals surface area contributed by atoms with E-state index in [9.17, 15) is 4.79 Å². The summed E-state index contributed by atoms with van der Waals surface area (Å²) in [7, 11) is 1.58. The fourth-order valence-corrected chi connectivity index (χ4v) is 4.90. The second kappa shape index (κ2) is 13.6. The molecular formula is C32H34O7. The van der Waals surface area contributed by atoms with Gasteiger partial charge in [-0.2, -0.15) is 0 Å². The molecule has 2 aliphatic rings. The Kier molecular flexibility index (Phi) is 9.53. The molecule has 0 spiro atoms. The van der Waals surface area contributed by atoms with Crippen LogP contribution in [0.2, 0.25) is 0 Å². The molecule has 0 saturated carbocycles. The fourth-order valence-electron chi connectivity index (χ4n) is 4.90. The minimum atomic E-state index is -0.763. The van der Waals surface area contributed by atoms with E-state index in [0.29, 0.717) is 19.8 Å². The molecule has 0 bridgehead atoms. The summed E-state index contributed by atoms with van der Waals surface area (Å²) >= 11 is 0. The van der Waals surface area contributed by atoms with Crippen LogP contribution in [0.15, 0.2) is 103 Å². The minimum Gasteiger partial charge on any atom is -0.495 e. The van der Waals surface area contributed by atoms with Gasteiger partial charge >= 0.3 is 0 Å². The number of ether oxygens (including phenoxy) is 6. The van der Waals surface area contributed by atoms with Gasteiger partial charge in [-0.3, -0.25) is 4.79 Å². The summed E-state index contributed by atoms with van der Waals surface area (Å²) < 4.78 is 37.7. The van der Waals surface area contributed by atoms with Gasteiger partial charge < -0.3 is 28.4 Å². The third-order valence-corrected chi connectivity index (χ3v) is 6.90. The van der Waals surface area contributed by atoms with Crippen LogP contribution in [-0.4, -0.2) is 49.7 Å². The maximum Gasteiger partial charge on any atom is 0.186 e. The van der Waals surface area contributed by atoms with Gasteiger partial charge in [-0.15, -0.1) is 0 Å². The first-order valence-corrected chi connectivity index (χ1v) is 13.2. The zero-order valence-corrected chi connectivity index (χ0v) is 22.0. The third-order valence-electron chi connectivity index (χ3n) is 6.90. The molecule has 1 fully saturated rings. The van der Waals surface area contributed by atoms with Gasteiger partial charge in [-0.25, -0.2) is 0 Å². The van der Waals surface area contributed by atoms with Gasteiger partial charge in [0.1, 0.15) is 30.5 Å². The second-order valence-electron chi connectivity index (χ2n) is 9.64. The number of carbonyl (C=O) groups excluding carboxylic acids is 1. The zero-order chi connectivity index (χ0) is 26.9. The van der Waals surface area contributed by atoms with Crippen molar-refractivity contribution in [1.29, 1.82) is 0 Å². The normalized spacial score (nSPS) is 26.7. The first-order chi connectivity index (χ1) is 19.2. The van der Waals surface area contributed by atoms with Crippen molar-refractivity contribution in [2.24, 2.45) is 0 Å². The van der Waals surface area contributed by atoms with Crippen LogP contribution < -0.4 is 0 Å². The van der Waals surface area contributed by atoms with E-state index < -0.39 is 36.8 Å². The fraction of sp³-hybridized carbons (Fsp3) is 0.344. The number of rotatable bonds is 11. The standard InChI is InChI=1S/C32H34O7/c1-34-32-31(38-22-25-15-9-4-10-16-25)30(37-21-24-13-7-3-8-14-24)29(36-20-23-11-5-2-6-12-23)28(39-32)27-19-26(33)17-18-35-27/h2-18,27-32H,19-22H2,1H3/t27?,28-,29+,30+,31-,32+/m1/s1. The van der Waals surface area contributed by atoms with Crippen LogP contribution in [0.5, 0.6) is 0 Å². The highest BCUT2D eigenvalue weighted by Gasteiger charge is 2.52. The molecule has 0 amide bonds. The molecule has 3 aromatic carbocycles. The van der Waals surface area contributed by atoms with E-state index in [1.807, 2.05) is 91.0 Å². The molecule has 39 heavy (non-hydrogen) atoms. The number of benzene rings is 3. The molecule has 5 rings (SSSR count). The number of hydrogen-bond donors (Lipinski definition) is 0. The van der Waals surface area contributed by atoms with E-state index in [0.717, 1.165) is 16.7 Å². The SMILES string of the molecule is CO[C@H]1O[C@H](C2CC(=O)C=CO2)[C@H](OCc2ccccc2)[C@H](OCc2ccccc2)[C@H]1OCc1ccccc1. The van der Waals surface area contributed by atoms with Gasteiger partial charge in [0, 0.05) is 13.2 Å². The summed E-state index contributed by atoms with van der Waals surface area (Å²) in [5, 5.41) is 0. The maximum absolute atomic E-state index is 12.3. The third kappa shape index (κ3) is 7.20. The quantitative estimate of drug-likeness (QED) is 0.346. The minimum absolute atomic E-state index is 0.0326. The topological polar surface area (TPSA) is 72.5 Å². The molecular weight excluding hydrogens is 496 g/mol. The van der Waals surface area contributed by atoms with Crippen molar-refractivity contribution in [1.82, 2.24) is 0 Å². The summed E-state index contributed by atoms with van der Waals surface area (Å²) in [4.78, 5) is 12.3. The number of carbonyl (C=O) groups is 1. The monoisotopic (exact) mass is 530 g/mol. The van der Waals surface area contributed by atoms with Crippen molar-refractivity contribution < 1.29 is 33.2 Å². The number of hydrogen-bond acceptors (Lipinski definition) is 7. The highest BCUT2D eigenvalue weighted by atomic mass is 16.7. The van der Waals surface area contributed by atoms with Crippen molar-refractivity contribution >= 4 is 5.78 Å². The predicted molar refractivity (Wildman–Crippen MR) is 144 cm³/mol. The molecule has 1 saturated heterocycles. The molecule has 0 radical (unpaired) electrons. The highest BCUT2D eigenvalue weighted by molar-refractivity contribution is 5.90. The number of allylic oxidation sites excluding steroid dienone is 1. The number of methoxy groups -OCH3 is 1. The Bertz CT molecular complexity index is 1180. The lowest BCUT2D eigenvalue weighted by atomic mass is 9.91. The Labute approximate surface area is 229 Å². The van der Waals surface area contributed by atoms with Crippen LogP contribution in [-0.2, 0) is 53.0 Å². The first-order valence-electron chi connectivity index (χ1n) is 13.2. The van der Waals surface area contributed by atoms with Gasteiger partial charge in [0.15, 0.2) is 12.1 Å². The van der Waals surface area contributed by atoms with Crippen LogP contribution in [0.4, 0.5) is 0 Å². The van der Waals surface area contributed by atoms with E-state index in [1.165, 1.54) is 12.3 Å². The number of ketones is 1. The lowest BCUT2D eigenvalue weighted by molar-refractivity contribution is -0.329. The van der Waals surface area contributed by atoms with Gasteiger partial charge in [-0.05, 0) is 16.7 Å². The molecule has 0 aromatic heterocycles. The van der Waals surface area contributed by atoms with Crippen LogP contribution in [0.25, 0.3) is 0 Å². The van der Waals surface area contributed by atoms with E-state index in [1.54, 1.807) is 7.11 Å². The Morgan fingerprint density at radius 2 is 1.18 bits per heavy atom. The molecule has 0 N–H and O–H groups in total. The average Bonchev–Trinajstić information content (AvgIpc) is 2.99. The lowest BCUT2D eigenvalue weighted by Gasteiger charge is -2.47. The van der Waals surface area contributed by atoms with Gasteiger partial charge in [0.25, 0.3) is 0 Å². The van der Waals surface area contributed by atoms with E-state index in [-0.39, 0.29) is 12.2 Å². The molecule has 3 aromatic rings. The van der Waals surface area contributed by atoms with Crippen molar-refractivity contribution in [3.8, 4) is 0 Å². The molecule has 7 heteroatoms. The smallest absolute Gasteiger partial charge is 0.186 e. The van der Waals surface area contributed by atoms with Crippen LogP contribution in [0.3, 0.4) is 0 Å². The summed E-state index contributed by atoms with van der Waals surface area (Å²) in [5.41, 5.74) is 3.05. The van der Waals surface area contributed by atoms with Crippen LogP contribution >= 0.6 is 0 Å². The summed E-state index contributed by atoms with van der Waals surface area (Å²) in [6.07, 6.45) is -0.717. The summed E-state index contributed by atoms with van der Waals surface area (Å²) in [5.74, 6) is -0.0326. The Morgan fingerprint density at radius 3 is 1.67 bits per heavy atom. The van der Waals surface area contributed by atoms with Crippen LogP contribution in [0.1, 0.15) is 23.1 Å². The maximum atomic E-state index is 12.3. The Hall–Kier alpha value is -3.33. The Morgan fingerprint density at radius 1 is 0.692 bits per heavy atom. The predicted octanol–water partition coefficient (Wildman–Crippen LogP) is 4.99. The van der Waals surface area contributed by atoms with Crippen molar-refractivity contribution in [2.45, 2.75) is 63.1 Å². The Balaban J connectivity index is 1.45. The molecule has 7 nitrogen and oxygen atoms in total. The van der Waals surface area contributed by atoms with Crippen molar-refractivity contribution in [3.05, 3.63) is 120 Å². The largest absolute Gasteiger partial charge is 0.495 e. The van der Waals surface area contributed by atoms with Gasteiger partial charge in [-0.1, -0.05) is 91.0 Å². The van der Waals surface area contributed by atoms with Gasteiger partial charge in [0.05, 0.1) is 32.5 Å². The average molecular weight is 531 g/mol. The molecule has 1 unspecified atom stereocenters. The van der Waals surface area contributed by atoms with Crippen LogP contribution in [0, 0.1) is 0 Å². The first kappa shape index (κ1) is 27.2. The summed E-state index contributed by atoms with van der Waals surface area (Å²) in [6, 6.07) is 29.8. The summed E-state index contributed by atoms with van der Waals surface area (Å²) in [6.45, 7) is 1.02. The van der Waals surface area contributed by atoms with E-state index in [2.05, 4.69) is 0 Å². The van der Waals surface area contributed by atoms with Crippen molar-refractivity contribution in [3.63, 3.8) is 0 Å². The molecule has 2 aliphatic heterocycles. The van der Waals surface area contributed by atoms with E-state index >= 15 is 0 Å².